The highest BCUT2D eigenvalue weighted by atomic mass is 16.7. The zero-order valence-electron chi connectivity index (χ0n) is 6.30. The van der Waals surface area contributed by atoms with Crippen LogP contribution in [0.1, 0.15) is 0 Å². The highest BCUT2D eigenvalue weighted by Gasteiger charge is 2.38. The van der Waals surface area contributed by atoms with Gasteiger partial charge >= 0.3 is 11.8 Å². The van der Waals surface area contributed by atoms with Gasteiger partial charge in [-0.05, 0) is 6.08 Å². The number of nitro groups is 1. The third-order valence-electron chi connectivity index (χ3n) is 1.46. The average Bonchev–Trinajstić information content (AvgIpc) is 2.04. The summed E-state index contributed by atoms with van der Waals surface area (Å²) in [7, 11) is 0. The van der Waals surface area contributed by atoms with Gasteiger partial charge in [-0.25, -0.2) is 4.79 Å². The van der Waals surface area contributed by atoms with E-state index < -0.39 is 16.7 Å². The molecule has 0 aliphatic carbocycles. The van der Waals surface area contributed by atoms with Gasteiger partial charge in [-0.15, -0.1) is 0 Å². The summed E-state index contributed by atoms with van der Waals surface area (Å²) in [6.45, 7) is 0. The molecule has 1 heterocycles. The summed E-state index contributed by atoms with van der Waals surface area (Å²) < 4.78 is 0. The third-order valence-corrected chi connectivity index (χ3v) is 1.46. The van der Waals surface area contributed by atoms with E-state index in [-0.39, 0.29) is 5.57 Å². The molecule has 1 aliphatic heterocycles. The lowest BCUT2D eigenvalue weighted by molar-refractivity contribution is -0.614. The van der Waals surface area contributed by atoms with Crippen molar-refractivity contribution in [1.29, 1.82) is 0 Å². The molecule has 0 radical (unpaired) electrons. The third kappa shape index (κ3) is 1.64. The lowest BCUT2D eigenvalue weighted by Crippen LogP contribution is -2.49. The van der Waals surface area contributed by atoms with Crippen LogP contribution in [0.4, 0.5) is 0 Å². The average molecular weight is 186 g/mol. The van der Waals surface area contributed by atoms with Gasteiger partial charge in [0.05, 0.1) is 10.5 Å². The Kier molecular flexibility index (Phi) is 2.03. The smallest absolute Gasteiger partial charge is 0.425 e. The number of carboxylic acid groups (broad SMARTS) is 1. The second-order valence-corrected chi connectivity index (χ2v) is 2.37. The minimum Gasteiger partial charge on any atom is -0.478 e. The van der Waals surface area contributed by atoms with Crippen LogP contribution < -0.4 is 5.32 Å². The van der Waals surface area contributed by atoms with Gasteiger partial charge < -0.3 is 10.2 Å². The summed E-state index contributed by atoms with van der Waals surface area (Å²) in [5.41, 5.74) is -0.161. The van der Waals surface area contributed by atoms with E-state index in [1.54, 1.807) is 0 Å². The molecule has 0 aromatic heterocycles. The molecule has 0 saturated carbocycles. The fourth-order valence-electron chi connectivity index (χ4n) is 0.733. The molecule has 0 fully saturated rings. The van der Waals surface area contributed by atoms with Crippen molar-refractivity contribution in [2.24, 2.45) is 0 Å². The van der Waals surface area contributed by atoms with E-state index in [0.717, 1.165) is 18.4 Å². The molecule has 1 rings (SSSR count). The molecular weight excluding hydrogens is 180 g/mol. The molecule has 1 aliphatic rings. The Balaban J connectivity index is 2.85. The van der Waals surface area contributed by atoms with Gasteiger partial charge in [0.2, 0.25) is 0 Å². The maximum Gasteiger partial charge on any atom is 0.425 e. The lowest BCUT2D eigenvalue weighted by atomic mass is 10.2. The minimum absolute atomic E-state index is 0.161. The number of hydrogen-bond donors (Lipinski definition) is 3. The van der Waals surface area contributed by atoms with Crippen LogP contribution in [0.25, 0.3) is 0 Å². The number of carboxylic acids is 1. The van der Waals surface area contributed by atoms with Gasteiger partial charge in [-0.1, -0.05) is 0 Å². The monoisotopic (exact) mass is 186 g/mol. The predicted octanol–water partition coefficient (Wildman–Crippen LogP) is -0.963. The van der Waals surface area contributed by atoms with Crippen LogP contribution in [0.5, 0.6) is 0 Å². The molecule has 0 aromatic carbocycles. The number of carbonyl (C=O) groups is 1. The molecule has 3 N–H and O–H groups in total. The molecule has 7 nitrogen and oxygen atoms in total. The molecule has 0 saturated heterocycles. The van der Waals surface area contributed by atoms with Crippen molar-refractivity contribution in [3.63, 3.8) is 0 Å². The molecule has 1 unspecified atom stereocenters. The molecular formula is C6H6N2O5. The van der Waals surface area contributed by atoms with Gasteiger partial charge in [0.1, 0.15) is 0 Å². The van der Waals surface area contributed by atoms with Crippen molar-refractivity contribution in [3.05, 3.63) is 34.0 Å². The molecule has 0 amide bonds. The summed E-state index contributed by atoms with van der Waals surface area (Å²) in [6, 6.07) is 0. The Morgan fingerprint density at radius 1 is 1.69 bits per heavy atom. The number of nitrogens with one attached hydrogen (secondary N) is 1. The van der Waals surface area contributed by atoms with Gasteiger partial charge in [-0.3, -0.25) is 15.4 Å². The van der Waals surface area contributed by atoms with Gasteiger partial charge in [0.15, 0.2) is 0 Å². The number of nitrogens with zero attached hydrogens (tertiary/aromatic N) is 1. The topological polar surface area (TPSA) is 113 Å². The van der Waals surface area contributed by atoms with Crippen molar-refractivity contribution in [1.82, 2.24) is 5.32 Å². The minimum atomic E-state index is -2.40. The summed E-state index contributed by atoms with van der Waals surface area (Å²) in [5, 5.41) is 29.7. The Bertz CT molecular complexity index is 321. The van der Waals surface area contributed by atoms with E-state index in [1.807, 2.05) is 5.32 Å². The van der Waals surface area contributed by atoms with Crippen LogP contribution in [-0.4, -0.2) is 27.0 Å². The number of dihydropyridines is 1. The zero-order valence-corrected chi connectivity index (χ0v) is 6.30. The second kappa shape index (κ2) is 2.87. The van der Waals surface area contributed by atoms with E-state index in [1.165, 1.54) is 0 Å². The normalized spacial score (nSPS) is 26.1. The molecule has 0 spiro atoms. The maximum absolute atomic E-state index is 10.3. The highest BCUT2D eigenvalue weighted by molar-refractivity contribution is 5.89. The molecule has 0 aromatic rings. The summed E-state index contributed by atoms with van der Waals surface area (Å²) in [6.07, 6.45) is 2.59. The van der Waals surface area contributed by atoms with Crippen molar-refractivity contribution in [2.45, 2.75) is 5.85 Å². The summed E-state index contributed by atoms with van der Waals surface area (Å²) in [5.74, 6) is -3.63. The Hall–Kier alpha value is -1.89. The highest BCUT2D eigenvalue weighted by Crippen LogP contribution is 2.11. The van der Waals surface area contributed by atoms with Crippen LogP contribution in [-0.2, 0) is 4.79 Å². The van der Waals surface area contributed by atoms with E-state index in [0.29, 0.717) is 0 Å². The van der Waals surface area contributed by atoms with Crippen molar-refractivity contribution in [3.8, 4) is 0 Å². The van der Waals surface area contributed by atoms with E-state index in [9.17, 15) is 14.9 Å². The summed E-state index contributed by atoms with van der Waals surface area (Å²) in [4.78, 5) is 19.6. The fraction of sp³-hybridized carbons (Fsp3) is 0.167. The fourth-order valence-corrected chi connectivity index (χ4v) is 0.733. The first-order valence-electron chi connectivity index (χ1n) is 3.23. The molecule has 13 heavy (non-hydrogen) atoms. The molecule has 0 bridgehead atoms. The van der Waals surface area contributed by atoms with Crippen molar-refractivity contribution < 1.29 is 19.9 Å². The lowest BCUT2D eigenvalue weighted by Gasteiger charge is -2.18. The first kappa shape index (κ1) is 9.20. The van der Waals surface area contributed by atoms with Crippen LogP contribution >= 0.6 is 0 Å². The van der Waals surface area contributed by atoms with Gasteiger partial charge in [0.25, 0.3) is 0 Å². The molecule has 7 heteroatoms. The number of rotatable bonds is 2. The number of aliphatic hydroxyl groups is 1. The van der Waals surface area contributed by atoms with Gasteiger partial charge in [0, 0.05) is 12.3 Å². The van der Waals surface area contributed by atoms with Crippen LogP contribution in [0.3, 0.4) is 0 Å². The SMILES string of the molecule is O=C(O)C1=CNC(O)([N+](=O)[O-])C=C1. The zero-order chi connectivity index (χ0) is 10.1. The second-order valence-electron chi connectivity index (χ2n) is 2.37. The quantitative estimate of drug-likeness (QED) is 0.290. The first-order chi connectivity index (χ1) is 5.96. The largest absolute Gasteiger partial charge is 0.478 e. The van der Waals surface area contributed by atoms with E-state index in [2.05, 4.69) is 0 Å². The number of hydrogen-bond acceptors (Lipinski definition) is 5. The van der Waals surface area contributed by atoms with Crippen LogP contribution in [0.15, 0.2) is 23.9 Å². The van der Waals surface area contributed by atoms with Crippen molar-refractivity contribution in [2.75, 3.05) is 0 Å². The molecule has 70 valence electrons. The van der Waals surface area contributed by atoms with E-state index >= 15 is 0 Å². The van der Waals surface area contributed by atoms with E-state index in [4.69, 9.17) is 10.2 Å². The Morgan fingerprint density at radius 2 is 2.31 bits per heavy atom. The Labute approximate surface area is 72.1 Å². The Morgan fingerprint density at radius 3 is 2.62 bits per heavy atom. The first-order valence-corrected chi connectivity index (χ1v) is 3.23. The van der Waals surface area contributed by atoms with Gasteiger partial charge in [-0.2, -0.15) is 0 Å². The molecule has 1 atom stereocenters. The van der Waals surface area contributed by atoms with Crippen LogP contribution in [0.2, 0.25) is 0 Å². The standard InChI is InChI=1S/C6H6N2O5/c9-5(10)4-1-2-6(11,7-3-4)8(12)13/h1-3,7,11H,(H,9,10). The summed E-state index contributed by atoms with van der Waals surface area (Å²) >= 11 is 0. The number of aliphatic carboxylic acids is 1. The predicted molar refractivity (Wildman–Crippen MR) is 39.9 cm³/mol. The van der Waals surface area contributed by atoms with Crippen molar-refractivity contribution >= 4 is 5.97 Å². The maximum atomic E-state index is 10.3. The van der Waals surface area contributed by atoms with Crippen LogP contribution in [0, 0.1) is 10.1 Å².